The van der Waals surface area contributed by atoms with Crippen LogP contribution in [0.5, 0.6) is 5.75 Å². The number of carbonyl (C=O) groups excluding carboxylic acids is 2. The second-order valence-electron chi connectivity index (χ2n) is 9.76. The first-order chi connectivity index (χ1) is 15.7. The number of carbonyl (C=O) groups is 2. The number of aliphatic hydroxyl groups is 1. The second-order valence-corrected chi connectivity index (χ2v) is 9.76. The minimum atomic E-state index is -2.08. The Morgan fingerprint density at radius 2 is 2.00 bits per heavy atom. The van der Waals surface area contributed by atoms with E-state index in [4.69, 9.17) is 14.2 Å². The fraction of sp³-hybridized carbons (Fsp3) is 0.600. The lowest BCUT2D eigenvalue weighted by molar-refractivity contribution is -0.228. The van der Waals surface area contributed by atoms with Crippen molar-refractivity contribution >= 4 is 17.6 Å². The molecule has 0 bridgehead atoms. The number of fused-ring (bicyclic) bond motifs is 1. The van der Waals surface area contributed by atoms with Crippen molar-refractivity contribution in [1.82, 2.24) is 4.90 Å². The van der Waals surface area contributed by atoms with Crippen LogP contribution in [0.3, 0.4) is 0 Å². The molecule has 1 aromatic rings. The number of hydrogen-bond acceptors (Lipinski definition) is 8. The summed E-state index contributed by atoms with van der Waals surface area (Å²) in [5.41, 5.74) is -1.41. The maximum absolute atomic E-state index is 13.5. The molecule has 1 saturated heterocycles. The lowest BCUT2D eigenvalue weighted by Gasteiger charge is -2.63. The smallest absolute Gasteiger partial charge is 0.344 e. The summed E-state index contributed by atoms with van der Waals surface area (Å²) in [7, 11) is 4.77. The standard InChI is InChI=1S/C25H32N2O6/c1-6-23-10-7-12-27-13-11-24(19(23)27)17-9-8-16(31-4)14-18(17)26(3)20(24)25(30,22(29)32-5)21(23)33-15(2)28/h7-10,14,19-21,30H,6,11-13H2,1-5H3/t19-,20?,21+,23+,24+,25-/m0/s1. The van der Waals surface area contributed by atoms with Crippen LogP contribution in [0.1, 0.15) is 32.3 Å². The molecule has 33 heavy (non-hydrogen) atoms. The molecule has 8 nitrogen and oxygen atoms in total. The van der Waals surface area contributed by atoms with Gasteiger partial charge < -0.3 is 24.2 Å². The van der Waals surface area contributed by atoms with E-state index in [0.29, 0.717) is 12.2 Å². The van der Waals surface area contributed by atoms with E-state index < -0.39 is 40.5 Å². The van der Waals surface area contributed by atoms with Gasteiger partial charge in [-0.1, -0.05) is 25.1 Å². The number of ether oxygens (including phenoxy) is 3. The molecule has 1 aliphatic carbocycles. The number of methoxy groups -OCH3 is 2. The maximum Gasteiger partial charge on any atom is 0.344 e. The molecule has 1 N–H and O–H groups in total. The predicted octanol–water partition coefficient (Wildman–Crippen LogP) is 1.64. The largest absolute Gasteiger partial charge is 0.497 e. The van der Waals surface area contributed by atoms with Crippen LogP contribution in [0, 0.1) is 5.41 Å². The molecule has 1 saturated carbocycles. The molecule has 178 valence electrons. The molecule has 2 fully saturated rings. The molecule has 4 aliphatic rings. The summed E-state index contributed by atoms with van der Waals surface area (Å²) in [6.07, 6.45) is 4.40. The molecule has 0 radical (unpaired) electrons. The van der Waals surface area contributed by atoms with Gasteiger partial charge in [0.25, 0.3) is 0 Å². The molecule has 0 amide bonds. The maximum atomic E-state index is 13.5. The van der Waals surface area contributed by atoms with Crippen LogP contribution >= 0.6 is 0 Å². The van der Waals surface area contributed by atoms with Gasteiger partial charge in [0.15, 0.2) is 6.10 Å². The van der Waals surface area contributed by atoms with Crippen molar-refractivity contribution in [3.63, 3.8) is 0 Å². The summed E-state index contributed by atoms with van der Waals surface area (Å²) in [6, 6.07) is 5.22. The van der Waals surface area contributed by atoms with Crippen molar-refractivity contribution < 1.29 is 28.9 Å². The van der Waals surface area contributed by atoms with Crippen molar-refractivity contribution in [1.29, 1.82) is 0 Å². The summed E-state index contributed by atoms with van der Waals surface area (Å²) in [5.74, 6) is -0.617. The van der Waals surface area contributed by atoms with Crippen molar-refractivity contribution in [2.24, 2.45) is 5.41 Å². The normalized spacial score (nSPS) is 38.4. The number of nitrogens with zero attached hydrogens (tertiary/aromatic N) is 2. The van der Waals surface area contributed by atoms with E-state index in [1.165, 1.54) is 14.0 Å². The molecular weight excluding hydrogens is 424 g/mol. The molecule has 3 heterocycles. The van der Waals surface area contributed by atoms with Crippen molar-refractivity contribution in [2.75, 3.05) is 39.3 Å². The van der Waals surface area contributed by atoms with Crippen molar-refractivity contribution in [3.8, 4) is 5.75 Å². The minimum absolute atomic E-state index is 0.0589. The topological polar surface area (TPSA) is 88.5 Å². The third-order valence-corrected chi connectivity index (χ3v) is 8.62. The van der Waals surface area contributed by atoms with E-state index >= 15 is 0 Å². The quantitative estimate of drug-likeness (QED) is 0.541. The van der Waals surface area contributed by atoms with Crippen LogP contribution in [0.2, 0.25) is 0 Å². The van der Waals surface area contributed by atoms with Gasteiger partial charge in [-0.2, -0.15) is 0 Å². The van der Waals surface area contributed by atoms with Crippen LogP contribution < -0.4 is 9.64 Å². The van der Waals surface area contributed by atoms with E-state index in [-0.39, 0.29) is 6.04 Å². The number of anilines is 1. The zero-order valence-electron chi connectivity index (χ0n) is 19.8. The van der Waals surface area contributed by atoms with Gasteiger partial charge in [-0.3, -0.25) is 9.69 Å². The van der Waals surface area contributed by atoms with E-state index in [2.05, 4.69) is 23.1 Å². The predicted molar refractivity (Wildman–Crippen MR) is 121 cm³/mol. The van der Waals surface area contributed by atoms with Gasteiger partial charge in [-0.15, -0.1) is 0 Å². The third-order valence-electron chi connectivity index (χ3n) is 8.62. The SMILES string of the molecule is CC[C@]12C=CCN3CC[C@@]4(c5ccc(OC)cc5N(C)C4[C@@](O)(C(=O)OC)[C@@H]1OC(C)=O)[C@@H]32. The zero-order chi connectivity index (χ0) is 23.8. The van der Waals surface area contributed by atoms with Crippen LogP contribution in [0.15, 0.2) is 30.4 Å². The Hall–Kier alpha value is -2.58. The van der Waals surface area contributed by atoms with Crippen molar-refractivity contribution in [2.45, 2.75) is 55.9 Å². The first kappa shape index (κ1) is 22.2. The zero-order valence-corrected chi connectivity index (χ0v) is 19.8. The Kier molecular flexibility index (Phi) is 4.85. The Morgan fingerprint density at radius 1 is 1.24 bits per heavy atom. The minimum Gasteiger partial charge on any atom is -0.497 e. The van der Waals surface area contributed by atoms with Gasteiger partial charge in [0, 0.05) is 49.1 Å². The molecule has 1 unspecified atom stereocenters. The van der Waals surface area contributed by atoms with Gasteiger partial charge >= 0.3 is 11.9 Å². The molecule has 6 atom stereocenters. The Labute approximate surface area is 194 Å². The average Bonchev–Trinajstić information content (AvgIpc) is 3.32. The van der Waals surface area contributed by atoms with E-state index in [1.807, 2.05) is 31.0 Å². The lowest BCUT2D eigenvalue weighted by atomic mass is 9.47. The molecule has 8 heteroatoms. The van der Waals surface area contributed by atoms with E-state index in [9.17, 15) is 14.7 Å². The third kappa shape index (κ3) is 2.48. The number of esters is 2. The van der Waals surface area contributed by atoms with Crippen LogP contribution in [0.4, 0.5) is 5.69 Å². The molecule has 1 spiro atoms. The Balaban J connectivity index is 1.86. The molecule has 1 aromatic carbocycles. The Morgan fingerprint density at radius 3 is 2.64 bits per heavy atom. The number of rotatable bonds is 4. The van der Waals surface area contributed by atoms with Gasteiger partial charge in [0.05, 0.1) is 20.3 Å². The summed E-state index contributed by atoms with van der Waals surface area (Å²) in [6.45, 7) is 4.94. The Bertz CT molecular complexity index is 1040. The average molecular weight is 457 g/mol. The summed E-state index contributed by atoms with van der Waals surface area (Å²) < 4.78 is 16.6. The van der Waals surface area contributed by atoms with Gasteiger partial charge in [0.2, 0.25) is 5.60 Å². The molecule has 3 aliphatic heterocycles. The monoisotopic (exact) mass is 456 g/mol. The summed E-state index contributed by atoms with van der Waals surface area (Å²) >= 11 is 0. The second kappa shape index (κ2) is 7.21. The van der Waals surface area contributed by atoms with Crippen LogP contribution in [-0.4, -0.2) is 80.1 Å². The highest BCUT2D eigenvalue weighted by Gasteiger charge is 2.80. The van der Waals surface area contributed by atoms with E-state index in [0.717, 1.165) is 30.8 Å². The number of benzene rings is 1. The van der Waals surface area contributed by atoms with Gasteiger partial charge in [0.1, 0.15) is 5.75 Å². The fourth-order valence-corrected chi connectivity index (χ4v) is 7.68. The number of likely N-dealkylation sites (N-methyl/N-ethyl adjacent to an activating group) is 1. The first-order valence-electron chi connectivity index (χ1n) is 11.5. The highest BCUT2D eigenvalue weighted by Crippen LogP contribution is 2.67. The molecule has 0 aromatic heterocycles. The van der Waals surface area contributed by atoms with Crippen molar-refractivity contribution in [3.05, 3.63) is 35.9 Å². The van der Waals surface area contributed by atoms with Crippen LogP contribution in [-0.2, 0) is 24.5 Å². The fourth-order valence-electron chi connectivity index (χ4n) is 7.68. The van der Waals surface area contributed by atoms with Crippen LogP contribution in [0.25, 0.3) is 0 Å². The van der Waals surface area contributed by atoms with E-state index in [1.54, 1.807) is 7.11 Å². The highest BCUT2D eigenvalue weighted by molar-refractivity contribution is 5.87. The lowest BCUT2D eigenvalue weighted by Crippen LogP contribution is -2.81. The summed E-state index contributed by atoms with van der Waals surface area (Å²) in [4.78, 5) is 30.2. The highest BCUT2D eigenvalue weighted by atomic mass is 16.6. The number of hydrogen-bond donors (Lipinski definition) is 1. The van der Waals surface area contributed by atoms with Gasteiger partial charge in [-0.25, -0.2) is 4.79 Å². The first-order valence-corrected chi connectivity index (χ1v) is 11.5. The molecule has 5 rings (SSSR count). The van der Waals surface area contributed by atoms with Gasteiger partial charge in [-0.05, 0) is 31.0 Å². The molecular formula is C25H32N2O6. The summed E-state index contributed by atoms with van der Waals surface area (Å²) in [5, 5.41) is 12.5.